The molecule has 0 spiro atoms. The zero-order valence-corrected chi connectivity index (χ0v) is 13.9. The molecule has 3 heteroatoms. The van der Waals surface area contributed by atoms with Crippen LogP contribution < -0.4 is 5.32 Å². The molecule has 1 N–H and O–H groups in total. The van der Waals surface area contributed by atoms with Gasteiger partial charge < -0.3 is 15.1 Å². The number of hydrogen-bond donors (Lipinski definition) is 1. The van der Waals surface area contributed by atoms with Gasteiger partial charge in [0, 0.05) is 12.6 Å². The molecule has 20 heavy (non-hydrogen) atoms. The maximum absolute atomic E-state index is 3.74. The number of hydrogen-bond acceptors (Lipinski definition) is 3. The zero-order chi connectivity index (χ0) is 14.4. The highest BCUT2D eigenvalue weighted by atomic mass is 15.2. The van der Waals surface area contributed by atoms with Crippen LogP contribution in [0.2, 0.25) is 0 Å². The fourth-order valence-electron chi connectivity index (χ4n) is 3.72. The molecule has 2 aliphatic rings. The standard InChI is InChI=1S/C17H35N3/c1-15(2)13-17-14-20(9-4-8-18-17)12-7-16-5-10-19(3)11-6-16/h15-18H,4-14H2,1-3H3. The SMILES string of the molecule is CC(C)CC1CN(CCC2CCN(C)CC2)CCCN1. The van der Waals surface area contributed by atoms with E-state index >= 15 is 0 Å². The van der Waals surface area contributed by atoms with Gasteiger partial charge in [-0.1, -0.05) is 13.8 Å². The number of likely N-dealkylation sites (tertiary alicyclic amines) is 1. The molecule has 118 valence electrons. The number of rotatable bonds is 5. The smallest absolute Gasteiger partial charge is 0.0197 e. The summed E-state index contributed by atoms with van der Waals surface area (Å²) in [4.78, 5) is 5.20. The van der Waals surface area contributed by atoms with Crippen LogP contribution in [0.3, 0.4) is 0 Å². The van der Waals surface area contributed by atoms with Gasteiger partial charge in [0.2, 0.25) is 0 Å². The summed E-state index contributed by atoms with van der Waals surface area (Å²) in [5.74, 6) is 1.78. The first-order valence-electron chi connectivity index (χ1n) is 8.77. The molecule has 2 rings (SSSR count). The second-order valence-corrected chi connectivity index (χ2v) is 7.47. The summed E-state index contributed by atoms with van der Waals surface area (Å²) in [5, 5.41) is 3.74. The van der Waals surface area contributed by atoms with Gasteiger partial charge in [0.15, 0.2) is 0 Å². The van der Waals surface area contributed by atoms with Crippen LogP contribution in [0, 0.1) is 11.8 Å². The van der Waals surface area contributed by atoms with E-state index in [0.717, 1.165) is 17.9 Å². The average molecular weight is 281 g/mol. The van der Waals surface area contributed by atoms with Crippen LogP contribution in [-0.4, -0.2) is 62.2 Å². The highest BCUT2D eigenvalue weighted by Crippen LogP contribution is 2.20. The van der Waals surface area contributed by atoms with Gasteiger partial charge in [-0.25, -0.2) is 0 Å². The van der Waals surface area contributed by atoms with Crippen molar-refractivity contribution in [2.45, 2.75) is 52.0 Å². The van der Waals surface area contributed by atoms with E-state index in [1.165, 1.54) is 71.4 Å². The van der Waals surface area contributed by atoms with Crippen LogP contribution in [0.15, 0.2) is 0 Å². The molecule has 0 aromatic carbocycles. The molecule has 2 heterocycles. The predicted octanol–water partition coefficient (Wildman–Crippen LogP) is 2.43. The Kier molecular flexibility index (Phi) is 6.79. The molecular weight excluding hydrogens is 246 g/mol. The van der Waals surface area contributed by atoms with Crippen molar-refractivity contribution >= 4 is 0 Å². The van der Waals surface area contributed by atoms with Crippen molar-refractivity contribution in [1.82, 2.24) is 15.1 Å². The van der Waals surface area contributed by atoms with E-state index in [1.54, 1.807) is 0 Å². The fraction of sp³-hybridized carbons (Fsp3) is 1.00. The first kappa shape index (κ1) is 16.3. The van der Waals surface area contributed by atoms with Gasteiger partial charge in [0.1, 0.15) is 0 Å². The summed E-state index contributed by atoms with van der Waals surface area (Å²) in [5.41, 5.74) is 0. The van der Waals surface area contributed by atoms with Gasteiger partial charge in [-0.3, -0.25) is 0 Å². The number of nitrogens with one attached hydrogen (secondary N) is 1. The topological polar surface area (TPSA) is 18.5 Å². The van der Waals surface area contributed by atoms with Gasteiger partial charge in [0.25, 0.3) is 0 Å². The Balaban J connectivity index is 1.70. The fourth-order valence-corrected chi connectivity index (χ4v) is 3.72. The summed E-state index contributed by atoms with van der Waals surface area (Å²) in [6.07, 6.45) is 6.89. The lowest BCUT2D eigenvalue weighted by molar-refractivity contribution is 0.183. The predicted molar refractivity (Wildman–Crippen MR) is 87.1 cm³/mol. The van der Waals surface area contributed by atoms with Crippen molar-refractivity contribution in [2.24, 2.45) is 11.8 Å². The Labute approximate surface area is 126 Å². The average Bonchev–Trinajstić information content (AvgIpc) is 2.63. The maximum Gasteiger partial charge on any atom is 0.0197 e. The first-order valence-corrected chi connectivity index (χ1v) is 8.77. The molecule has 0 amide bonds. The molecule has 0 bridgehead atoms. The third-order valence-corrected chi connectivity index (χ3v) is 5.01. The van der Waals surface area contributed by atoms with E-state index in [1.807, 2.05) is 0 Å². The zero-order valence-electron chi connectivity index (χ0n) is 13.9. The van der Waals surface area contributed by atoms with Crippen molar-refractivity contribution < 1.29 is 0 Å². The molecule has 2 fully saturated rings. The third kappa shape index (κ3) is 5.71. The Morgan fingerprint density at radius 2 is 1.90 bits per heavy atom. The molecule has 2 saturated heterocycles. The van der Waals surface area contributed by atoms with Gasteiger partial charge >= 0.3 is 0 Å². The van der Waals surface area contributed by atoms with Gasteiger partial charge in [-0.15, -0.1) is 0 Å². The largest absolute Gasteiger partial charge is 0.313 e. The van der Waals surface area contributed by atoms with Gasteiger partial charge in [-0.05, 0) is 83.7 Å². The molecule has 0 saturated carbocycles. The highest BCUT2D eigenvalue weighted by Gasteiger charge is 2.21. The Hall–Kier alpha value is -0.120. The normalized spacial score (nSPS) is 27.9. The lowest BCUT2D eigenvalue weighted by Crippen LogP contribution is -2.39. The maximum atomic E-state index is 3.74. The lowest BCUT2D eigenvalue weighted by Gasteiger charge is -2.31. The van der Waals surface area contributed by atoms with Crippen LogP contribution in [-0.2, 0) is 0 Å². The molecule has 2 aliphatic heterocycles. The molecule has 1 unspecified atom stereocenters. The Morgan fingerprint density at radius 1 is 1.15 bits per heavy atom. The van der Waals surface area contributed by atoms with Crippen LogP contribution in [0.5, 0.6) is 0 Å². The van der Waals surface area contributed by atoms with Crippen molar-refractivity contribution in [3.05, 3.63) is 0 Å². The summed E-state index contributed by atoms with van der Waals surface area (Å²) in [6, 6.07) is 0.718. The molecule has 0 aromatic rings. The highest BCUT2D eigenvalue weighted by molar-refractivity contribution is 4.79. The van der Waals surface area contributed by atoms with E-state index in [9.17, 15) is 0 Å². The minimum absolute atomic E-state index is 0.718. The van der Waals surface area contributed by atoms with E-state index in [2.05, 4.69) is 36.0 Å². The monoisotopic (exact) mass is 281 g/mol. The molecule has 1 atom stereocenters. The molecule has 3 nitrogen and oxygen atoms in total. The molecular formula is C17H35N3. The van der Waals surface area contributed by atoms with Gasteiger partial charge in [-0.2, -0.15) is 0 Å². The molecule has 0 aliphatic carbocycles. The van der Waals surface area contributed by atoms with E-state index in [0.29, 0.717) is 0 Å². The second-order valence-electron chi connectivity index (χ2n) is 7.47. The Morgan fingerprint density at radius 3 is 2.60 bits per heavy atom. The molecule has 0 radical (unpaired) electrons. The van der Waals surface area contributed by atoms with Crippen LogP contribution in [0.1, 0.15) is 46.0 Å². The third-order valence-electron chi connectivity index (χ3n) is 5.01. The van der Waals surface area contributed by atoms with E-state index in [-0.39, 0.29) is 0 Å². The minimum Gasteiger partial charge on any atom is -0.313 e. The van der Waals surface area contributed by atoms with Crippen molar-refractivity contribution in [3.63, 3.8) is 0 Å². The summed E-state index contributed by atoms with van der Waals surface area (Å²) < 4.78 is 0. The minimum atomic E-state index is 0.718. The van der Waals surface area contributed by atoms with Crippen LogP contribution >= 0.6 is 0 Å². The summed E-state index contributed by atoms with van der Waals surface area (Å²) in [6.45, 7) is 12.4. The summed E-state index contributed by atoms with van der Waals surface area (Å²) >= 11 is 0. The Bertz CT molecular complexity index is 259. The number of piperidine rings is 1. The van der Waals surface area contributed by atoms with Crippen molar-refractivity contribution in [1.29, 1.82) is 0 Å². The first-order chi connectivity index (χ1) is 9.63. The molecule has 0 aromatic heterocycles. The quantitative estimate of drug-likeness (QED) is 0.835. The van der Waals surface area contributed by atoms with Crippen molar-refractivity contribution in [2.75, 3.05) is 46.3 Å². The summed E-state index contributed by atoms with van der Waals surface area (Å²) in [7, 11) is 2.26. The van der Waals surface area contributed by atoms with E-state index in [4.69, 9.17) is 0 Å². The van der Waals surface area contributed by atoms with Crippen LogP contribution in [0.4, 0.5) is 0 Å². The number of nitrogens with zero attached hydrogens (tertiary/aromatic N) is 2. The van der Waals surface area contributed by atoms with Gasteiger partial charge in [0.05, 0.1) is 0 Å². The van der Waals surface area contributed by atoms with Crippen LogP contribution in [0.25, 0.3) is 0 Å². The second kappa shape index (κ2) is 8.35. The lowest BCUT2D eigenvalue weighted by atomic mass is 9.93. The van der Waals surface area contributed by atoms with E-state index < -0.39 is 0 Å². The van der Waals surface area contributed by atoms with Crippen molar-refractivity contribution in [3.8, 4) is 0 Å².